The molecule has 3 rings (SSSR count). The van der Waals surface area contributed by atoms with Crippen LogP contribution in [0.5, 0.6) is 0 Å². The van der Waals surface area contributed by atoms with Crippen LogP contribution in [0.3, 0.4) is 0 Å². The van der Waals surface area contributed by atoms with E-state index >= 15 is 0 Å². The van der Waals surface area contributed by atoms with Crippen LogP contribution < -0.4 is 10.6 Å². The summed E-state index contributed by atoms with van der Waals surface area (Å²) in [6.07, 6.45) is 4.53. The molecule has 1 saturated heterocycles. The van der Waals surface area contributed by atoms with Crippen LogP contribution in [-0.4, -0.2) is 34.8 Å². The van der Waals surface area contributed by atoms with E-state index in [1.807, 2.05) is 0 Å². The molecule has 2 N–H and O–H groups in total. The summed E-state index contributed by atoms with van der Waals surface area (Å²) in [4.78, 5) is 8.42. The van der Waals surface area contributed by atoms with Crippen molar-refractivity contribution in [1.82, 2.24) is 20.4 Å². The highest BCUT2D eigenvalue weighted by atomic mass is 16.5. The normalized spacial score (nSPS) is 20.4. The van der Waals surface area contributed by atoms with Gasteiger partial charge in [0.25, 0.3) is 5.71 Å². The first kappa shape index (κ1) is 9.53. The first-order valence-electron chi connectivity index (χ1n) is 5.44. The zero-order valence-electron chi connectivity index (χ0n) is 8.81. The van der Waals surface area contributed by atoms with Gasteiger partial charge in [-0.05, 0) is 25.4 Å². The van der Waals surface area contributed by atoms with Gasteiger partial charge in [0.2, 0.25) is 5.95 Å². The standard InChI is InChI=1S/C10H13N5O/c1-2-11-3-7(1)4-12-10-13-5-8-6-14-16-9(8)15-10/h5-7,11H,1-4H2,(H,12,13,15). The van der Waals surface area contributed by atoms with Crippen molar-refractivity contribution in [3.63, 3.8) is 0 Å². The maximum atomic E-state index is 4.98. The second-order valence-electron chi connectivity index (χ2n) is 4.02. The molecule has 1 unspecified atom stereocenters. The molecule has 2 aromatic rings. The van der Waals surface area contributed by atoms with E-state index in [0.717, 1.165) is 25.0 Å². The van der Waals surface area contributed by atoms with Gasteiger partial charge >= 0.3 is 0 Å². The second kappa shape index (κ2) is 4.05. The van der Waals surface area contributed by atoms with Crippen molar-refractivity contribution in [3.8, 4) is 0 Å². The van der Waals surface area contributed by atoms with Gasteiger partial charge < -0.3 is 15.2 Å². The largest absolute Gasteiger partial charge is 0.354 e. The summed E-state index contributed by atoms with van der Waals surface area (Å²) >= 11 is 0. The molecule has 1 aliphatic heterocycles. The zero-order valence-corrected chi connectivity index (χ0v) is 8.81. The van der Waals surface area contributed by atoms with Crippen molar-refractivity contribution in [2.75, 3.05) is 25.0 Å². The molecule has 0 amide bonds. The fraction of sp³-hybridized carbons (Fsp3) is 0.500. The van der Waals surface area contributed by atoms with E-state index < -0.39 is 0 Å². The van der Waals surface area contributed by atoms with Gasteiger partial charge in [0.15, 0.2) is 0 Å². The monoisotopic (exact) mass is 219 g/mol. The van der Waals surface area contributed by atoms with E-state index in [4.69, 9.17) is 4.52 Å². The van der Waals surface area contributed by atoms with Crippen LogP contribution in [0.2, 0.25) is 0 Å². The molecule has 2 aromatic heterocycles. The fourth-order valence-electron chi connectivity index (χ4n) is 1.88. The minimum atomic E-state index is 0.530. The van der Waals surface area contributed by atoms with E-state index in [2.05, 4.69) is 25.8 Å². The van der Waals surface area contributed by atoms with Crippen molar-refractivity contribution in [2.24, 2.45) is 5.92 Å². The maximum absolute atomic E-state index is 4.98. The molecule has 0 saturated carbocycles. The van der Waals surface area contributed by atoms with Crippen LogP contribution in [0.15, 0.2) is 16.9 Å². The summed E-state index contributed by atoms with van der Waals surface area (Å²) in [5, 5.41) is 11.0. The Balaban J connectivity index is 1.68. The number of hydrogen-bond donors (Lipinski definition) is 2. The molecule has 0 bridgehead atoms. The molecule has 16 heavy (non-hydrogen) atoms. The lowest BCUT2D eigenvalue weighted by atomic mass is 10.1. The Hall–Kier alpha value is -1.69. The van der Waals surface area contributed by atoms with Gasteiger partial charge in [-0.15, -0.1) is 0 Å². The van der Waals surface area contributed by atoms with E-state index in [1.54, 1.807) is 12.4 Å². The van der Waals surface area contributed by atoms with Crippen molar-refractivity contribution in [3.05, 3.63) is 12.4 Å². The molecule has 0 aromatic carbocycles. The Bertz CT molecular complexity index is 477. The van der Waals surface area contributed by atoms with Gasteiger partial charge in [-0.1, -0.05) is 5.16 Å². The number of hydrogen-bond acceptors (Lipinski definition) is 6. The van der Waals surface area contributed by atoms with Gasteiger partial charge in [-0.3, -0.25) is 0 Å². The summed E-state index contributed by atoms with van der Waals surface area (Å²) < 4.78 is 4.98. The minimum absolute atomic E-state index is 0.530. The predicted molar refractivity (Wildman–Crippen MR) is 59.1 cm³/mol. The average Bonchev–Trinajstić information content (AvgIpc) is 2.97. The first-order valence-corrected chi connectivity index (χ1v) is 5.44. The highest BCUT2D eigenvalue weighted by molar-refractivity contribution is 5.71. The van der Waals surface area contributed by atoms with Gasteiger partial charge in [0, 0.05) is 12.7 Å². The molecule has 6 nitrogen and oxygen atoms in total. The van der Waals surface area contributed by atoms with Crippen LogP contribution in [0.4, 0.5) is 5.95 Å². The lowest BCUT2D eigenvalue weighted by Crippen LogP contribution is -2.18. The van der Waals surface area contributed by atoms with Gasteiger partial charge in [0.1, 0.15) is 0 Å². The highest BCUT2D eigenvalue weighted by Crippen LogP contribution is 2.12. The van der Waals surface area contributed by atoms with Gasteiger partial charge in [0.05, 0.1) is 11.6 Å². The smallest absolute Gasteiger partial charge is 0.262 e. The third-order valence-corrected chi connectivity index (χ3v) is 2.82. The molecule has 84 valence electrons. The Morgan fingerprint density at radius 2 is 2.50 bits per heavy atom. The lowest BCUT2D eigenvalue weighted by molar-refractivity contribution is 0.448. The third kappa shape index (κ3) is 1.83. The SMILES string of the molecule is c1noc2nc(NCC3CCNC3)ncc12. The molecule has 0 radical (unpaired) electrons. The van der Waals surface area contributed by atoms with Crippen molar-refractivity contribution >= 4 is 17.0 Å². The average molecular weight is 219 g/mol. The van der Waals surface area contributed by atoms with Crippen LogP contribution in [-0.2, 0) is 0 Å². The first-order chi connectivity index (χ1) is 7.92. The topological polar surface area (TPSA) is 75.9 Å². The van der Waals surface area contributed by atoms with E-state index in [9.17, 15) is 0 Å². The zero-order chi connectivity index (χ0) is 10.8. The van der Waals surface area contributed by atoms with Crippen LogP contribution in [0, 0.1) is 5.92 Å². The Morgan fingerprint density at radius 3 is 3.38 bits per heavy atom. The van der Waals surface area contributed by atoms with Crippen molar-refractivity contribution in [1.29, 1.82) is 0 Å². The quantitative estimate of drug-likeness (QED) is 0.789. The van der Waals surface area contributed by atoms with Crippen LogP contribution in [0.1, 0.15) is 6.42 Å². The maximum Gasteiger partial charge on any atom is 0.262 e. The van der Waals surface area contributed by atoms with Gasteiger partial charge in [-0.25, -0.2) is 4.98 Å². The molecule has 3 heterocycles. The Labute approximate surface area is 92.4 Å². The van der Waals surface area contributed by atoms with Crippen LogP contribution in [0.25, 0.3) is 11.1 Å². The molecule has 1 atom stereocenters. The molecule has 1 fully saturated rings. The molecular weight excluding hydrogens is 206 g/mol. The summed E-state index contributed by atoms with van der Waals surface area (Å²) in [5.41, 5.74) is 0.530. The number of anilines is 1. The summed E-state index contributed by atoms with van der Waals surface area (Å²) in [7, 11) is 0. The number of fused-ring (bicyclic) bond motifs is 1. The highest BCUT2D eigenvalue weighted by Gasteiger charge is 2.14. The lowest BCUT2D eigenvalue weighted by Gasteiger charge is -2.08. The number of nitrogens with zero attached hydrogens (tertiary/aromatic N) is 3. The fourth-order valence-corrected chi connectivity index (χ4v) is 1.88. The van der Waals surface area contributed by atoms with Crippen LogP contribution >= 0.6 is 0 Å². The predicted octanol–water partition coefficient (Wildman–Crippen LogP) is 0.639. The molecule has 0 spiro atoms. The third-order valence-electron chi connectivity index (χ3n) is 2.82. The molecular formula is C10H13N5O. The molecule has 1 aliphatic rings. The minimum Gasteiger partial charge on any atom is -0.354 e. The summed E-state index contributed by atoms with van der Waals surface area (Å²) in [5.74, 6) is 1.27. The number of rotatable bonds is 3. The number of aromatic nitrogens is 3. The van der Waals surface area contributed by atoms with Crippen molar-refractivity contribution < 1.29 is 4.52 Å². The second-order valence-corrected chi connectivity index (χ2v) is 4.02. The summed E-state index contributed by atoms with van der Waals surface area (Å²) in [6.45, 7) is 3.07. The molecule has 0 aliphatic carbocycles. The van der Waals surface area contributed by atoms with E-state index in [-0.39, 0.29) is 0 Å². The van der Waals surface area contributed by atoms with Gasteiger partial charge in [-0.2, -0.15) is 4.98 Å². The summed E-state index contributed by atoms with van der Waals surface area (Å²) in [6, 6.07) is 0. The Morgan fingerprint density at radius 1 is 1.50 bits per heavy atom. The van der Waals surface area contributed by atoms with Crippen molar-refractivity contribution in [2.45, 2.75) is 6.42 Å². The van der Waals surface area contributed by atoms with E-state index in [1.165, 1.54) is 6.42 Å². The molecule has 6 heteroatoms. The number of nitrogens with one attached hydrogen (secondary N) is 2. The Kier molecular flexibility index (Phi) is 2.41. The van der Waals surface area contributed by atoms with E-state index in [0.29, 0.717) is 17.6 Å².